The SMILES string of the molecule is CC(Cl)CCCNC(=O)c1cccc(S(C)(=O)=O)c1. The van der Waals surface area contributed by atoms with E-state index in [0.717, 1.165) is 19.1 Å². The quantitative estimate of drug-likeness (QED) is 0.647. The lowest BCUT2D eigenvalue weighted by Gasteiger charge is -2.07. The number of nitrogens with one attached hydrogen (secondary N) is 1. The number of alkyl halides is 1. The van der Waals surface area contributed by atoms with Gasteiger partial charge in [0.2, 0.25) is 0 Å². The second-order valence-electron chi connectivity index (χ2n) is 4.48. The van der Waals surface area contributed by atoms with Gasteiger partial charge in [0.25, 0.3) is 5.91 Å². The molecule has 0 spiro atoms. The molecule has 0 saturated heterocycles. The van der Waals surface area contributed by atoms with Gasteiger partial charge in [0.1, 0.15) is 0 Å². The molecular formula is C13H18ClNO3S. The highest BCUT2D eigenvalue weighted by Crippen LogP contribution is 2.11. The third kappa shape index (κ3) is 5.61. The van der Waals surface area contributed by atoms with E-state index in [1.165, 1.54) is 12.1 Å². The second kappa shape index (κ2) is 6.91. The molecule has 0 heterocycles. The molecule has 1 N–H and O–H groups in total. The van der Waals surface area contributed by atoms with Gasteiger partial charge in [0, 0.05) is 23.7 Å². The molecule has 1 unspecified atom stereocenters. The lowest BCUT2D eigenvalue weighted by atomic mass is 10.2. The fourth-order valence-corrected chi connectivity index (χ4v) is 2.38. The highest BCUT2D eigenvalue weighted by Gasteiger charge is 2.11. The zero-order valence-electron chi connectivity index (χ0n) is 11.0. The van der Waals surface area contributed by atoms with E-state index in [2.05, 4.69) is 5.32 Å². The average Bonchev–Trinajstić information content (AvgIpc) is 2.33. The van der Waals surface area contributed by atoms with E-state index >= 15 is 0 Å². The molecule has 0 aromatic heterocycles. The number of amides is 1. The number of carbonyl (C=O) groups is 1. The molecule has 0 aliphatic rings. The zero-order valence-corrected chi connectivity index (χ0v) is 12.6. The Hall–Kier alpha value is -1.07. The molecule has 6 heteroatoms. The van der Waals surface area contributed by atoms with Crippen LogP contribution < -0.4 is 5.32 Å². The number of hydrogen-bond donors (Lipinski definition) is 1. The minimum atomic E-state index is -3.29. The van der Waals surface area contributed by atoms with E-state index in [-0.39, 0.29) is 16.2 Å². The molecule has 0 aliphatic carbocycles. The predicted octanol–water partition coefficient (Wildman–Crippen LogP) is 2.23. The summed E-state index contributed by atoms with van der Waals surface area (Å²) in [7, 11) is -3.29. The van der Waals surface area contributed by atoms with Gasteiger partial charge in [-0.2, -0.15) is 0 Å². The summed E-state index contributed by atoms with van der Waals surface area (Å²) in [4.78, 5) is 12.0. The van der Waals surface area contributed by atoms with Crippen LogP contribution in [0.1, 0.15) is 30.1 Å². The lowest BCUT2D eigenvalue weighted by Crippen LogP contribution is -2.25. The van der Waals surface area contributed by atoms with Crippen molar-refractivity contribution in [2.45, 2.75) is 30.0 Å². The fourth-order valence-electron chi connectivity index (χ4n) is 1.56. The molecule has 1 amide bonds. The Labute approximate surface area is 119 Å². The monoisotopic (exact) mass is 303 g/mol. The topological polar surface area (TPSA) is 63.2 Å². The molecule has 106 valence electrons. The summed E-state index contributed by atoms with van der Waals surface area (Å²) >= 11 is 5.80. The maximum Gasteiger partial charge on any atom is 0.251 e. The number of benzene rings is 1. The van der Waals surface area contributed by atoms with E-state index < -0.39 is 9.84 Å². The maximum atomic E-state index is 11.8. The number of hydrogen-bond acceptors (Lipinski definition) is 3. The first kappa shape index (κ1) is 16.0. The summed E-state index contributed by atoms with van der Waals surface area (Å²) in [5.74, 6) is -0.271. The molecule has 0 radical (unpaired) electrons. The van der Waals surface area contributed by atoms with Crippen molar-refractivity contribution in [2.75, 3.05) is 12.8 Å². The first-order valence-electron chi connectivity index (χ1n) is 6.03. The van der Waals surface area contributed by atoms with Gasteiger partial charge >= 0.3 is 0 Å². The highest BCUT2D eigenvalue weighted by molar-refractivity contribution is 7.90. The molecule has 1 rings (SSSR count). The molecule has 0 fully saturated rings. The molecule has 1 aromatic rings. The molecule has 0 saturated carbocycles. The van der Waals surface area contributed by atoms with Crippen molar-refractivity contribution in [3.8, 4) is 0 Å². The lowest BCUT2D eigenvalue weighted by molar-refractivity contribution is 0.0952. The van der Waals surface area contributed by atoms with Gasteiger partial charge in [-0.3, -0.25) is 4.79 Å². The van der Waals surface area contributed by atoms with Crippen LogP contribution in [0.3, 0.4) is 0 Å². The molecule has 0 bridgehead atoms. The standard InChI is InChI=1S/C13H18ClNO3S/c1-10(14)5-4-8-15-13(16)11-6-3-7-12(9-11)19(2,17)18/h3,6-7,9-10H,4-5,8H2,1-2H3,(H,15,16). The summed E-state index contributed by atoms with van der Waals surface area (Å²) < 4.78 is 22.8. The molecule has 0 aliphatic heterocycles. The van der Waals surface area contributed by atoms with Gasteiger partial charge in [0.05, 0.1) is 4.90 Å². The van der Waals surface area contributed by atoms with Crippen LogP contribution in [0.5, 0.6) is 0 Å². The number of sulfone groups is 1. The highest BCUT2D eigenvalue weighted by atomic mass is 35.5. The minimum Gasteiger partial charge on any atom is -0.352 e. The number of halogens is 1. The Bertz CT molecular complexity index is 541. The maximum absolute atomic E-state index is 11.8. The van der Waals surface area contributed by atoms with Crippen LogP contribution in [0, 0.1) is 0 Å². The van der Waals surface area contributed by atoms with Gasteiger partial charge in [-0.25, -0.2) is 8.42 Å². The molecular weight excluding hydrogens is 286 g/mol. The third-order valence-electron chi connectivity index (χ3n) is 2.59. The Morgan fingerprint density at radius 1 is 1.42 bits per heavy atom. The predicted molar refractivity (Wildman–Crippen MR) is 76.4 cm³/mol. The van der Waals surface area contributed by atoms with Crippen LogP contribution >= 0.6 is 11.6 Å². The van der Waals surface area contributed by atoms with E-state index in [0.29, 0.717) is 12.1 Å². The van der Waals surface area contributed by atoms with Crippen molar-refractivity contribution in [3.63, 3.8) is 0 Å². The summed E-state index contributed by atoms with van der Waals surface area (Å²) in [5.41, 5.74) is 0.349. The van der Waals surface area contributed by atoms with Crippen molar-refractivity contribution in [3.05, 3.63) is 29.8 Å². The average molecular weight is 304 g/mol. The van der Waals surface area contributed by atoms with Crippen LogP contribution in [0.2, 0.25) is 0 Å². The van der Waals surface area contributed by atoms with Crippen molar-refractivity contribution >= 4 is 27.3 Å². The molecule has 1 atom stereocenters. The fraction of sp³-hybridized carbons (Fsp3) is 0.462. The summed E-state index contributed by atoms with van der Waals surface area (Å²) in [6.45, 7) is 2.43. The first-order chi connectivity index (χ1) is 8.80. The Morgan fingerprint density at radius 2 is 2.11 bits per heavy atom. The van der Waals surface area contributed by atoms with Crippen LogP contribution in [0.15, 0.2) is 29.2 Å². The smallest absolute Gasteiger partial charge is 0.251 e. The van der Waals surface area contributed by atoms with Gasteiger partial charge in [-0.1, -0.05) is 6.07 Å². The van der Waals surface area contributed by atoms with Crippen molar-refractivity contribution in [2.24, 2.45) is 0 Å². The van der Waals surface area contributed by atoms with Gasteiger partial charge in [-0.05, 0) is 38.0 Å². The van der Waals surface area contributed by atoms with Crippen molar-refractivity contribution in [1.82, 2.24) is 5.32 Å². The molecule has 19 heavy (non-hydrogen) atoms. The summed E-state index contributed by atoms with van der Waals surface area (Å²) in [6, 6.07) is 6.01. The van der Waals surface area contributed by atoms with Crippen LogP contribution in [-0.2, 0) is 9.84 Å². The largest absolute Gasteiger partial charge is 0.352 e. The molecule has 4 nitrogen and oxygen atoms in total. The Balaban J connectivity index is 2.63. The number of rotatable bonds is 6. The Morgan fingerprint density at radius 3 is 2.68 bits per heavy atom. The normalized spacial score (nSPS) is 13.0. The minimum absolute atomic E-state index is 0.0884. The summed E-state index contributed by atoms with van der Waals surface area (Å²) in [5, 5.41) is 2.83. The Kier molecular flexibility index (Phi) is 5.82. The third-order valence-corrected chi connectivity index (χ3v) is 3.92. The van der Waals surface area contributed by atoms with Crippen LogP contribution in [0.25, 0.3) is 0 Å². The van der Waals surface area contributed by atoms with E-state index in [1.54, 1.807) is 12.1 Å². The van der Waals surface area contributed by atoms with Crippen LogP contribution in [-0.4, -0.2) is 32.5 Å². The van der Waals surface area contributed by atoms with Crippen LogP contribution in [0.4, 0.5) is 0 Å². The van der Waals surface area contributed by atoms with E-state index in [4.69, 9.17) is 11.6 Å². The second-order valence-corrected chi connectivity index (χ2v) is 7.24. The van der Waals surface area contributed by atoms with Crippen molar-refractivity contribution < 1.29 is 13.2 Å². The molecule has 1 aromatic carbocycles. The van der Waals surface area contributed by atoms with E-state index in [1.807, 2.05) is 6.92 Å². The van der Waals surface area contributed by atoms with Gasteiger partial charge in [-0.15, -0.1) is 11.6 Å². The zero-order chi connectivity index (χ0) is 14.5. The van der Waals surface area contributed by atoms with E-state index in [9.17, 15) is 13.2 Å². The summed E-state index contributed by atoms with van der Waals surface area (Å²) in [6.07, 6.45) is 2.74. The van der Waals surface area contributed by atoms with Crippen molar-refractivity contribution in [1.29, 1.82) is 0 Å². The first-order valence-corrected chi connectivity index (χ1v) is 8.36. The van der Waals surface area contributed by atoms with Gasteiger partial charge < -0.3 is 5.32 Å². The number of carbonyl (C=O) groups excluding carboxylic acids is 1. The van der Waals surface area contributed by atoms with Gasteiger partial charge in [0.15, 0.2) is 9.84 Å².